The molecule has 0 radical (unpaired) electrons. The van der Waals surface area contributed by atoms with Crippen molar-refractivity contribution in [3.8, 4) is 0 Å². The molecule has 1 aromatic heterocycles. The van der Waals surface area contributed by atoms with E-state index in [9.17, 15) is 13.2 Å². The molecule has 17 heavy (non-hydrogen) atoms. The Balaban J connectivity index is 1.84. The van der Waals surface area contributed by atoms with Crippen molar-refractivity contribution in [2.75, 3.05) is 26.2 Å². The normalized spacial score (nSPS) is 16.2. The van der Waals surface area contributed by atoms with Crippen molar-refractivity contribution >= 4 is 27.4 Å². The molecule has 6 nitrogen and oxygen atoms in total. The van der Waals surface area contributed by atoms with Gasteiger partial charge in [-0.2, -0.15) is 0 Å². The second kappa shape index (κ2) is 5.03. The van der Waals surface area contributed by atoms with Crippen LogP contribution in [-0.2, 0) is 10.0 Å². The first kappa shape index (κ1) is 12.3. The SMILES string of the molecule is O=C1NCCN1CCNS(=O)(=O)c1cccs1. The molecule has 0 unspecified atom stereocenters. The van der Waals surface area contributed by atoms with Gasteiger partial charge >= 0.3 is 6.03 Å². The lowest BCUT2D eigenvalue weighted by atomic mass is 10.5. The van der Waals surface area contributed by atoms with E-state index in [1.165, 1.54) is 11.3 Å². The highest BCUT2D eigenvalue weighted by atomic mass is 32.2. The number of hydrogen-bond donors (Lipinski definition) is 2. The first-order valence-electron chi connectivity index (χ1n) is 5.15. The molecule has 1 fully saturated rings. The molecule has 0 atom stereocenters. The predicted octanol–water partition coefficient (Wildman–Crippen LogP) is 0.0516. The van der Waals surface area contributed by atoms with Crippen molar-refractivity contribution in [1.29, 1.82) is 0 Å². The number of rotatable bonds is 5. The average molecular weight is 275 g/mol. The van der Waals surface area contributed by atoms with Crippen LogP contribution in [0.15, 0.2) is 21.7 Å². The van der Waals surface area contributed by atoms with Gasteiger partial charge in [0, 0.05) is 26.2 Å². The van der Waals surface area contributed by atoms with Gasteiger partial charge in [-0.1, -0.05) is 6.07 Å². The molecule has 2 amide bonds. The Labute approximate surface area is 104 Å². The summed E-state index contributed by atoms with van der Waals surface area (Å²) in [6, 6.07) is 3.10. The van der Waals surface area contributed by atoms with E-state index in [4.69, 9.17) is 0 Å². The van der Waals surface area contributed by atoms with Gasteiger partial charge in [0.2, 0.25) is 10.0 Å². The third-order valence-corrected chi connectivity index (χ3v) is 5.24. The molecule has 1 aliphatic rings. The molecule has 1 aromatic rings. The van der Waals surface area contributed by atoms with Gasteiger partial charge in [-0.25, -0.2) is 17.9 Å². The minimum atomic E-state index is -3.42. The Bertz CT molecular complexity index is 484. The Morgan fingerprint density at radius 2 is 2.35 bits per heavy atom. The molecule has 0 spiro atoms. The van der Waals surface area contributed by atoms with Gasteiger partial charge in [-0.15, -0.1) is 11.3 Å². The molecule has 8 heteroatoms. The zero-order valence-electron chi connectivity index (χ0n) is 9.05. The largest absolute Gasteiger partial charge is 0.336 e. The minimum absolute atomic E-state index is 0.139. The van der Waals surface area contributed by atoms with Crippen molar-refractivity contribution in [2.24, 2.45) is 0 Å². The van der Waals surface area contributed by atoms with E-state index < -0.39 is 10.0 Å². The fraction of sp³-hybridized carbons (Fsp3) is 0.444. The molecule has 2 rings (SSSR count). The maximum Gasteiger partial charge on any atom is 0.317 e. The van der Waals surface area contributed by atoms with E-state index in [2.05, 4.69) is 10.0 Å². The fourth-order valence-electron chi connectivity index (χ4n) is 1.53. The van der Waals surface area contributed by atoms with Gasteiger partial charge in [0.25, 0.3) is 0 Å². The van der Waals surface area contributed by atoms with Crippen molar-refractivity contribution in [3.63, 3.8) is 0 Å². The van der Waals surface area contributed by atoms with Gasteiger partial charge in [-0.05, 0) is 11.4 Å². The van der Waals surface area contributed by atoms with Crippen LogP contribution in [-0.4, -0.2) is 45.5 Å². The Kier molecular flexibility index (Phi) is 3.65. The van der Waals surface area contributed by atoms with E-state index in [-0.39, 0.29) is 12.6 Å². The van der Waals surface area contributed by atoms with E-state index in [0.717, 1.165) is 0 Å². The predicted molar refractivity (Wildman–Crippen MR) is 64.5 cm³/mol. The number of amides is 2. The van der Waals surface area contributed by atoms with Crippen molar-refractivity contribution in [3.05, 3.63) is 17.5 Å². The number of hydrogen-bond acceptors (Lipinski definition) is 4. The van der Waals surface area contributed by atoms with E-state index in [0.29, 0.717) is 23.8 Å². The second-order valence-electron chi connectivity index (χ2n) is 3.55. The van der Waals surface area contributed by atoms with Crippen molar-refractivity contribution in [2.45, 2.75) is 4.21 Å². The highest BCUT2D eigenvalue weighted by molar-refractivity contribution is 7.91. The lowest BCUT2D eigenvalue weighted by Gasteiger charge is -2.13. The number of carbonyl (C=O) groups excluding carboxylic acids is 1. The first-order valence-corrected chi connectivity index (χ1v) is 7.52. The molecule has 0 saturated carbocycles. The van der Waals surface area contributed by atoms with Crippen LogP contribution in [0.1, 0.15) is 0 Å². The molecular weight excluding hydrogens is 262 g/mol. The van der Waals surface area contributed by atoms with Crippen LogP contribution in [0.2, 0.25) is 0 Å². The minimum Gasteiger partial charge on any atom is -0.336 e. The molecule has 1 saturated heterocycles. The Morgan fingerprint density at radius 3 is 2.94 bits per heavy atom. The highest BCUT2D eigenvalue weighted by Gasteiger charge is 2.20. The number of thiophene rings is 1. The maximum absolute atomic E-state index is 11.7. The Hall–Kier alpha value is -1.12. The van der Waals surface area contributed by atoms with Gasteiger partial charge in [0.1, 0.15) is 4.21 Å². The lowest BCUT2D eigenvalue weighted by Crippen LogP contribution is -2.36. The summed E-state index contributed by atoms with van der Waals surface area (Å²) in [5.74, 6) is 0. The lowest BCUT2D eigenvalue weighted by molar-refractivity contribution is 0.218. The smallest absolute Gasteiger partial charge is 0.317 e. The summed E-state index contributed by atoms with van der Waals surface area (Å²) in [7, 11) is -3.42. The molecule has 0 aliphatic carbocycles. The van der Waals surface area contributed by atoms with Crippen LogP contribution >= 0.6 is 11.3 Å². The summed E-state index contributed by atoms with van der Waals surface area (Å²) in [4.78, 5) is 12.8. The van der Waals surface area contributed by atoms with Crippen molar-refractivity contribution < 1.29 is 13.2 Å². The molecule has 2 N–H and O–H groups in total. The van der Waals surface area contributed by atoms with Gasteiger partial charge in [0.15, 0.2) is 0 Å². The zero-order chi connectivity index (χ0) is 12.3. The van der Waals surface area contributed by atoms with Crippen LogP contribution < -0.4 is 10.0 Å². The molecule has 2 heterocycles. The standard InChI is InChI=1S/C9H13N3O3S2/c13-9-10-3-5-12(9)6-4-11-17(14,15)8-2-1-7-16-8/h1-2,7,11H,3-6H2,(H,10,13). The molecular formula is C9H13N3O3S2. The van der Waals surface area contributed by atoms with Crippen LogP contribution in [0.25, 0.3) is 0 Å². The van der Waals surface area contributed by atoms with Crippen LogP contribution in [0.3, 0.4) is 0 Å². The molecule has 94 valence electrons. The van der Waals surface area contributed by atoms with Crippen molar-refractivity contribution in [1.82, 2.24) is 14.9 Å². The van der Waals surface area contributed by atoms with E-state index in [1.54, 1.807) is 22.4 Å². The number of urea groups is 1. The van der Waals surface area contributed by atoms with Gasteiger partial charge < -0.3 is 10.2 Å². The summed E-state index contributed by atoms with van der Waals surface area (Å²) < 4.78 is 26.2. The summed E-state index contributed by atoms with van der Waals surface area (Å²) in [6.07, 6.45) is 0. The summed E-state index contributed by atoms with van der Waals surface area (Å²) >= 11 is 1.17. The number of nitrogens with one attached hydrogen (secondary N) is 2. The topological polar surface area (TPSA) is 78.5 Å². The van der Waals surface area contributed by atoms with E-state index in [1.807, 2.05) is 0 Å². The van der Waals surface area contributed by atoms with E-state index >= 15 is 0 Å². The van der Waals surface area contributed by atoms with Crippen LogP contribution in [0.5, 0.6) is 0 Å². The molecule has 0 bridgehead atoms. The first-order chi connectivity index (χ1) is 8.09. The zero-order valence-corrected chi connectivity index (χ0v) is 10.7. The summed E-state index contributed by atoms with van der Waals surface area (Å²) in [5, 5.41) is 4.37. The molecule has 1 aliphatic heterocycles. The number of nitrogens with zero attached hydrogens (tertiary/aromatic N) is 1. The highest BCUT2D eigenvalue weighted by Crippen LogP contribution is 2.14. The van der Waals surface area contributed by atoms with Gasteiger partial charge in [-0.3, -0.25) is 0 Å². The second-order valence-corrected chi connectivity index (χ2v) is 6.49. The number of carbonyl (C=O) groups is 1. The number of sulfonamides is 1. The van der Waals surface area contributed by atoms with Crippen LogP contribution in [0, 0.1) is 0 Å². The third kappa shape index (κ3) is 2.96. The van der Waals surface area contributed by atoms with Crippen LogP contribution in [0.4, 0.5) is 4.79 Å². The Morgan fingerprint density at radius 1 is 1.53 bits per heavy atom. The fourth-order valence-corrected chi connectivity index (χ4v) is 3.59. The summed E-state index contributed by atoms with van der Waals surface area (Å²) in [5.41, 5.74) is 0. The average Bonchev–Trinajstić information content (AvgIpc) is 2.90. The van der Waals surface area contributed by atoms with Gasteiger partial charge in [0.05, 0.1) is 0 Å². The maximum atomic E-state index is 11.7. The summed E-state index contributed by atoms with van der Waals surface area (Å²) in [6.45, 7) is 1.86. The third-order valence-electron chi connectivity index (χ3n) is 2.38. The quantitative estimate of drug-likeness (QED) is 0.797. The molecule has 0 aromatic carbocycles. The monoisotopic (exact) mass is 275 g/mol.